The molecule has 2 fully saturated rings. The lowest BCUT2D eigenvalue weighted by Crippen LogP contribution is -2.45. The molecule has 0 unspecified atom stereocenters. The van der Waals surface area contributed by atoms with Crippen LogP contribution < -0.4 is 10.6 Å². The van der Waals surface area contributed by atoms with Crippen molar-refractivity contribution < 1.29 is 9.59 Å². The molecule has 1 aliphatic heterocycles. The van der Waals surface area contributed by atoms with Gasteiger partial charge in [0.1, 0.15) is 0 Å². The Morgan fingerprint density at radius 1 is 1.05 bits per heavy atom. The first-order valence-electron chi connectivity index (χ1n) is 15.6. The molecular weight excluding hydrogens is 594 g/mol. The zero-order valence-corrected chi connectivity index (χ0v) is 26.4. The SMILES string of the molecule is CC(=O)Nc1nc2c(s1)-c1c(c(-c3cccnc3)nn1-c1ccc(C(=O)NC3CCC(N4CCCCC4)CC3)cc1Cl)CC2. The van der Waals surface area contributed by atoms with E-state index in [0.29, 0.717) is 27.4 Å². The molecule has 0 spiro atoms. The summed E-state index contributed by atoms with van der Waals surface area (Å²) in [5.74, 6) is -0.254. The number of likely N-dealkylation sites (tertiary alicyclic amines) is 1. The Bertz CT molecular complexity index is 1690. The molecule has 2 amide bonds. The lowest BCUT2D eigenvalue weighted by molar-refractivity contribution is -0.114. The Morgan fingerprint density at radius 2 is 1.86 bits per heavy atom. The van der Waals surface area contributed by atoms with E-state index in [1.807, 2.05) is 35.1 Å². The van der Waals surface area contributed by atoms with Crippen LogP contribution in [0.2, 0.25) is 5.02 Å². The average Bonchev–Trinajstić information content (AvgIpc) is 3.63. The standard InChI is InChI=1S/C33H36ClN7O2S/c1-20(42)36-33-38-27-13-12-25-29(22-6-5-15-35-19-22)39-41(30(25)31(27)44-33)28-14-7-21(18-26(28)34)32(43)37-23-8-10-24(11-9-23)40-16-3-2-4-17-40/h5-7,14-15,18-19,23-24H,2-4,8-13,16-17H2,1H3,(H,37,43)(H,36,38,42). The van der Waals surface area contributed by atoms with Gasteiger partial charge in [-0.05, 0) is 94.8 Å². The zero-order chi connectivity index (χ0) is 30.2. The van der Waals surface area contributed by atoms with E-state index in [0.717, 1.165) is 71.6 Å². The first-order chi connectivity index (χ1) is 21.4. The Labute approximate surface area is 266 Å². The Hall–Kier alpha value is -3.60. The van der Waals surface area contributed by atoms with E-state index in [4.69, 9.17) is 21.7 Å². The van der Waals surface area contributed by atoms with Crippen molar-refractivity contribution in [1.29, 1.82) is 0 Å². The van der Waals surface area contributed by atoms with Crippen molar-refractivity contribution in [3.63, 3.8) is 0 Å². The highest BCUT2D eigenvalue weighted by atomic mass is 35.5. The van der Waals surface area contributed by atoms with Crippen LogP contribution in [0.1, 0.15) is 73.5 Å². The second-order valence-corrected chi connectivity index (χ2v) is 13.5. The highest BCUT2D eigenvalue weighted by Gasteiger charge is 2.31. The van der Waals surface area contributed by atoms with Crippen molar-refractivity contribution >= 4 is 39.9 Å². The van der Waals surface area contributed by atoms with Crippen molar-refractivity contribution in [3.05, 3.63) is 64.6 Å². The number of carbonyl (C=O) groups is 2. The number of nitrogens with zero attached hydrogens (tertiary/aromatic N) is 5. The molecule has 11 heteroatoms. The van der Waals surface area contributed by atoms with E-state index in [1.165, 1.54) is 50.6 Å². The predicted molar refractivity (Wildman–Crippen MR) is 174 cm³/mol. The molecule has 1 aromatic carbocycles. The molecule has 1 saturated heterocycles. The van der Waals surface area contributed by atoms with E-state index in [1.54, 1.807) is 12.3 Å². The molecule has 44 heavy (non-hydrogen) atoms. The number of carbonyl (C=O) groups excluding carboxylic acids is 2. The lowest BCUT2D eigenvalue weighted by Gasteiger charge is -2.39. The van der Waals surface area contributed by atoms with Crippen LogP contribution in [0.25, 0.3) is 27.5 Å². The normalized spacial score (nSPS) is 20.0. The number of rotatable bonds is 6. The maximum absolute atomic E-state index is 13.3. The van der Waals surface area contributed by atoms with Gasteiger partial charge in [-0.25, -0.2) is 9.67 Å². The fourth-order valence-electron chi connectivity index (χ4n) is 6.94. The molecule has 1 saturated carbocycles. The van der Waals surface area contributed by atoms with Crippen molar-refractivity contribution in [3.8, 4) is 27.5 Å². The number of halogens is 1. The first-order valence-corrected chi connectivity index (χ1v) is 16.8. The van der Waals surface area contributed by atoms with Gasteiger partial charge in [-0.3, -0.25) is 14.6 Å². The van der Waals surface area contributed by atoms with Gasteiger partial charge < -0.3 is 15.5 Å². The van der Waals surface area contributed by atoms with Gasteiger partial charge in [0.2, 0.25) is 5.91 Å². The number of thiazole rings is 1. The summed E-state index contributed by atoms with van der Waals surface area (Å²) < 4.78 is 1.86. The van der Waals surface area contributed by atoms with Gasteiger partial charge in [-0.2, -0.15) is 5.10 Å². The van der Waals surface area contributed by atoms with E-state index in [2.05, 4.69) is 20.5 Å². The fraction of sp³-hybridized carbons (Fsp3) is 0.424. The number of piperidine rings is 1. The van der Waals surface area contributed by atoms with Crippen LogP contribution in [0.3, 0.4) is 0 Å². The molecule has 4 heterocycles. The number of aromatic nitrogens is 4. The topological polar surface area (TPSA) is 105 Å². The number of fused-ring (bicyclic) bond motifs is 3. The maximum Gasteiger partial charge on any atom is 0.251 e. The second kappa shape index (κ2) is 12.4. The van der Waals surface area contributed by atoms with E-state index in [-0.39, 0.29) is 17.9 Å². The third-order valence-corrected chi connectivity index (χ3v) is 10.4. The van der Waals surface area contributed by atoms with Crippen molar-refractivity contribution in [2.45, 2.75) is 76.8 Å². The first kappa shape index (κ1) is 29.1. The molecule has 228 valence electrons. The summed E-state index contributed by atoms with van der Waals surface area (Å²) in [7, 11) is 0. The minimum Gasteiger partial charge on any atom is -0.349 e. The van der Waals surface area contributed by atoms with E-state index < -0.39 is 0 Å². The summed E-state index contributed by atoms with van der Waals surface area (Å²) in [6.07, 6.45) is 13.3. The quantitative estimate of drug-likeness (QED) is 0.260. The molecular formula is C33H36ClN7O2S. The number of benzene rings is 1. The van der Waals surface area contributed by atoms with Crippen LogP contribution in [0, 0.1) is 0 Å². The number of anilines is 1. The van der Waals surface area contributed by atoms with Gasteiger partial charge in [0.15, 0.2) is 5.13 Å². The predicted octanol–water partition coefficient (Wildman–Crippen LogP) is 6.30. The number of nitrogens with one attached hydrogen (secondary N) is 2. The number of aryl methyl sites for hydroxylation is 1. The van der Waals surface area contributed by atoms with E-state index >= 15 is 0 Å². The molecule has 2 N–H and O–H groups in total. The van der Waals surface area contributed by atoms with Gasteiger partial charge in [0.05, 0.1) is 32.7 Å². The third-order valence-electron chi connectivity index (χ3n) is 9.10. The van der Waals surface area contributed by atoms with Crippen molar-refractivity contribution in [2.24, 2.45) is 0 Å². The van der Waals surface area contributed by atoms with Gasteiger partial charge in [0.25, 0.3) is 5.91 Å². The molecule has 3 aliphatic rings. The summed E-state index contributed by atoms with van der Waals surface area (Å²) in [6, 6.07) is 10.2. The highest BCUT2D eigenvalue weighted by molar-refractivity contribution is 7.19. The maximum atomic E-state index is 13.3. The molecule has 2 aliphatic carbocycles. The van der Waals surface area contributed by atoms with Crippen LogP contribution in [0.4, 0.5) is 5.13 Å². The molecule has 4 aromatic rings. The van der Waals surface area contributed by atoms with E-state index in [9.17, 15) is 9.59 Å². The van der Waals surface area contributed by atoms with Crippen LogP contribution in [-0.2, 0) is 17.6 Å². The fourth-order valence-corrected chi connectivity index (χ4v) is 8.32. The van der Waals surface area contributed by atoms with Crippen LogP contribution in [0.15, 0.2) is 42.7 Å². The number of pyridine rings is 1. The summed E-state index contributed by atoms with van der Waals surface area (Å²) in [4.78, 5) is 37.7. The molecule has 7 rings (SSSR count). The van der Waals surface area contributed by atoms with Crippen LogP contribution >= 0.6 is 22.9 Å². The molecule has 0 radical (unpaired) electrons. The Balaban J connectivity index is 1.15. The van der Waals surface area contributed by atoms with Gasteiger partial charge in [0, 0.05) is 48.1 Å². The summed E-state index contributed by atoms with van der Waals surface area (Å²) >= 11 is 8.36. The van der Waals surface area contributed by atoms with Gasteiger partial charge >= 0.3 is 0 Å². The van der Waals surface area contributed by atoms with Crippen LogP contribution in [-0.4, -0.2) is 61.6 Å². The minimum absolute atomic E-state index is 0.0943. The zero-order valence-electron chi connectivity index (χ0n) is 24.8. The molecule has 3 aromatic heterocycles. The average molecular weight is 630 g/mol. The van der Waals surface area contributed by atoms with Gasteiger partial charge in [-0.15, -0.1) is 0 Å². The minimum atomic E-state index is -0.159. The van der Waals surface area contributed by atoms with Crippen LogP contribution in [0.5, 0.6) is 0 Å². The largest absolute Gasteiger partial charge is 0.349 e. The summed E-state index contributed by atoms with van der Waals surface area (Å²) in [5.41, 5.74) is 5.89. The lowest BCUT2D eigenvalue weighted by atomic mass is 9.89. The number of amides is 2. The van der Waals surface area contributed by atoms with Crippen molar-refractivity contribution in [1.82, 2.24) is 30.0 Å². The smallest absolute Gasteiger partial charge is 0.251 e. The van der Waals surface area contributed by atoms with Gasteiger partial charge in [-0.1, -0.05) is 29.4 Å². The molecule has 0 atom stereocenters. The molecule has 9 nitrogen and oxygen atoms in total. The summed E-state index contributed by atoms with van der Waals surface area (Å²) in [6.45, 7) is 3.92. The second-order valence-electron chi connectivity index (χ2n) is 12.0. The van der Waals surface area contributed by atoms with Crippen molar-refractivity contribution in [2.75, 3.05) is 18.4 Å². The monoisotopic (exact) mass is 629 g/mol. The Kier molecular flexibility index (Phi) is 8.22. The molecule has 0 bridgehead atoms. The summed E-state index contributed by atoms with van der Waals surface area (Å²) in [5, 5.41) is 12.2. The number of hydrogen-bond donors (Lipinski definition) is 2. The highest BCUT2D eigenvalue weighted by Crippen LogP contribution is 2.44. The number of hydrogen-bond acceptors (Lipinski definition) is 7. The third kappa shape index (κ3) is 5.78. The Morgan fingerprint density at radius 3 is 2.59 bits per heavy atom.